The fourth-order valence-electron chi connectivity index (χ4n) is 2.76. The van der Waals surface area contributed by atoms with Crippen LogP contribution in [0.1, 0.15) is 47.2 Å². The van der Waals surface area contributed by atoms with Gasteiger partial charge in [-0.2, -0.15) is 0 Å². The summed E-state index contributed by atoms with van der Waals surface area (Å²) in [5.74, 6) is 0. The minimum absolute atomic E-state index is 0.222. The average molecular weight is 257 g/mol. The van der Waals surface area contributed by atoms with Gasteiger partial charge in [-0.05, 0) is 56.5 Å². The fraction of sp³-hybridized carbons (Fsp3) is 0.412. The first-order chi connectivity index (χ1) is 9.13. The number of nitrogens with one attached hydrogen (secondary N) is 1. The van der Waals surface area contributed by atoms with Crippen molar-refractivity contribution in [3.63, 3.8) is 0 Å². The first-order valence-electron chi connectivity index (χ1n) is 6.96. The second-order valence-corrected chi connectivity index (χ2v) is 5.26. The molecule has 1 unspecified atom stereocenters. The number of benzene rings is 1. The van der Waals surface area contributed by atoms with Crippen LogP contribution in [-0.2, 0) is 0 Å². The van der Waals surface area contributed by atoms with E-state index in [0.29, 0.717) is 0 Å². The van der Waals surface area contributed by atoms with E-state index in [-0.39, 0.29) is 6.04 Å². The molecule has 1 aromatic carbocycles. The quantitative estimate of drug-likeness (QED) is 0.864. The highest BCUT2D eigenvalue weighted by Gasteiger charge is 2.18. The number of hydrogen-bond donors (Lipinski definition) is 1. The molecule has 0 aliphatic carbocycles. The van der Waals surface area contributed by atoms with Crippen LogP contribution in [0.25, 0.3) is 0 Å². The Labute approximate surface area is 115 Å². The first-order valence-corrected chi connectivity index (χ1v) is 6.96. The van der Waals surface area contributed by atoms with E-state index in [1.54, 1.807) is 6.26 Å². The summed E-state index contributed by atoms with van der Waals surface area (Å²) < 4.78 is 5.26. The summed E-state index contributed by atoms with van der Waals surface area (Å²) in [6.07, 6.45) is 4.71. The normalized spacial score (nSPS) is 12.6. The molecular formula is C17H23NO. The van der Waals surface area contributed by atoms with Crippen molar-refractivity contribution in [3.05, 3.63) is 58.5 Å². The molecule has 0 saturated carbocycles. The van der Waals surface area contributed by atoms with Gasteiger partial charge in [0.25, 0.3) is 0 Å². The van der Waals surface area contributed by atoms with Crippen LogP contribution in [0.15, 0.2) is 35.1 Å². The van der Waals surface area contributed by atoms with Crippen LogP contribution in [0.3, 0.4) is 0 Å². The molecule has 0 bridgehead atoms. The Balaban J connectivity index is 2.44. The number of furan rings is 1. The molecule has 0 aliphatic rings. The van der Waals surface area contributed by atoms with Crippen LogP contribution in [0.2, 0.25) is 0 Å². The Bertz CT molecular complexity index is 505. The van der Waals surface area contributed by atoms with Crippen molar-refractivity contribution < 1.29 is 4.42 Å². The van der Waals surface area contributed by atoms with Crippen molar-refractivity contribution in [1.29, 1.82) is 0 Å². The average Bonchev–Trinajstić information content (AvgIpc) is 2.85. The van der Waals surface area contributed by atoms with E-state index >= 15 is 0 Å². The van der Waals surface area contributed by atoms with Crippen LogP contribution in [0, 0.1) is 20.8 Å². The highest BCUT2D eigenvalue weighted by atomic mass is 16.3. The third kappa shape index (κ3) is 3.07. The van der Waals surface area contributed by atoms with E-state index in [1.807, 2.05) is 12.3 Å². The van der Waals surface area contributed by atoms with Gasteiger partial charge < -0.3 is 9.73 Å². The van der Waals surface area contributed by atoms with Crippen LogP contribution in [-0.4, -0.2) is 6.54 Å². The molecule has 0 fully saturated rings. The van der Waals surface area contributed by atoms with E-state index in [9.17, 15) is 0 Å². The lowest BCUT2D eigenvalue weighted by Gasteiger charge is -2.22. The Morgan fingerprint density at radius 1 is 1.16 bits per heavy atom. The zero-order valence-electron chi connectivity index (χ0n) is 12.3. The van der Waals surface area contributed by atoms with E-state index < -0.39 is 0 Å². The summed E-state index contributed by atoms with van der Waals surface area (Å²) in [5.41, 5.74) is 6.57. The minimum atomic E-state index is 0.222. The Kier molecular flexibility index (Phi) is 4.43. The predicted octanol–water partition coefficient (Wildman–Crippen LogP) is 4.29. The zero-order valence-corrected chi connectivity index (χ0v) is 12.3. The van der Waals surface area contributed by atoms with Crippen LogP contribution >= 0.6 is 0 Å². The smallest absolute Gasteiger partial charge is 0.0953 e. The van der Waals surface area contributed by atoms with Gasteiger partial charge in [-0.3, -0.25) is 0 Å². The van der Waals surface area contributed by atoms with Crippen molar-refractivity contribution in [2.45, 2.75) is 40.2 Å². The Morgan fingerprint density at radius 2 is 1.84 bits per heavy atom. The van der Waals surface area contributed by atoms with Gasteiger partial charge in [0, 0.05) is 5.56 Å². The van der Waals surface area contributed by atoms with E-state index in [1.165, 1.54) is 27.8 Å². The molecule has 102 valence electrons. The molecule has 0 saturated heterocycles. The van der Waals surface area contributed by atoms with Crippen molar-refractivity contribution in [3.8, 4) is 0 Å². The SMILES string of the molecule is CCCNC(c1ccoc1)c1c(C)cc(C)cc1C. The lowest BCUT2D eigenvalue weighted by molar-refractivity contribution is 0.547. The number of rotatable bonds is 5. The summed E-state index contributed by atoms with van der Waals surface area (Å²) in [6.45, 7) is 9.72. The highest BCUT2D eigenvalue weighted by Crippen LogP contribution is 2.29. The number of hydrogen-bond acceptors (Lipinski definition) is 2. The second-order valence-electron chi connectivity index (χ2n) is 5.26. The standard InChI is InChI=1S/C17H23NO/c1-5-7-18-17(15-6-8-19-11-15)16-13(3)9-12(2)10-14(16)4/h6,8-11,17-18H,5,7H2,1-4H3. The molecule has 19 heavy (non-hydrogen) atoms. The summed E-state index contributed by atoms with van der Waals surface area (Å²) >= 11 is 0. The van der Waals surface area contributed by atoms with E-state index in [2.05, 4.69) is 45.1 Å². The predicted molar refractivity (Wildman–Crippen MR) is 79.5 cm³/mol. The molecule has 0 spiro atoms. The molecule has 1 atom stereocenters. The van der Waals surface area contributed by atoms with Crippen LogP contribution in [0.5, 0.6) is 0 Å². The van der Waals surface area contributed by atoms with Gasteiger partial charge >= 0.3 is 0 Å². The monoisotopic (exact) mass is 257 g/mol. The van der Waals surface area contributed by atoms with Gasteiger partial charge in [0.05, 0.1) is 18.6 Å². The largest absolute Gasteiger partial charge is 0.472 e. The number of aryl methyl sites for hydroxylation is 3. The van der Waals surface area contributed by atoms with Crippen molar-refractivity contribution in [2.75, 3.05) is 6.54 Å². The topological polar surface area (TPSA) is 25.2 Å². The van der Waals surface area contributed by atoms with Gasteiger partial charge in [-0.25, -0.2) is 0 Å². The second kappa shape index (κ2) is 6.07. The van der Waals surface area contributed by atoms with Gasteiger partial charge in [0.15, 0.2) is 0 Å². The van der Waals surface area contributed by atoms with Gasteiger partial charge in [0.1, 0.15) is 0 Å². The van der Waals surface area contributed by atoms with Crippen molar-refractivity contribution in [2.24, 2.45) is 0 Å². The molecule has 1 heterocycles. The summed E-state index contributed by atoms with van der Waals surface area (Å²) in [7, 11) is 0. The van der Waals surface area contributed by atoms with Crippen LogP contribution < -0.4 is 5.32 Å². The van der Waals surface area contributed by atoms with Gasteiger partial charge in [-0.1, -0.05) is 24.6 Å². The molecule has 0 radical (unpaired) electrons. The van der Waals surface area contributed by atoms with E-state index in [0.717, 1.165) is 13.0 Å². The van der Waals surface area contributed by atoms with Crippen molar-refractivity contribution >= 4 is 0 Å². The summed E-state index contributed by atoms with van der Waals surface area (Å²) in [4.78, 5) is 0. The zero-order chi connectivity index (χ0) is 13.8. The third-order valence-electron chi connectivity index (χ3n) is 3.50. The molecular weight excluding hydrogens is 234 g/mol. The first kappa shape index (κ1) is 13.9. The van der Waals surface area contributed by atoms with Gasteiger partial charge in [-0.15, -0.1) is 0 Å². The fourth-order valence-corrected chi connectivity index (χ4v) is 2.76. The molecule has 0 amide bonds. The van der Waals surface area contributed by atoms with Gasteiger partial charge in [0.2, 0.25) is 0 Å². The summed E-state index contributed by atoms with van der Waals surface area (Å²) in [5, 5.41) is 3.63. The lowest BCUT2D eigenvalue weighted by Crippen LogP contribution is -2.24. The van der Waals surface area contributed by atoms with E-state index in [4.69, 9.17) is 4.42 Å². The van der Waals surface area contributed by atoms with Crippen LogP contribution in [0.4, 0.5) is 0 Å². The molecule has 2 aromatic rings. The molecule has 0 aliphatic heterocycles. The maximum atomic E-state index is 5.26. The Hall–Kier alpha value is -1.54. The van der Waals surface area contributed by atoms with Crippen molar-refractivity contribution in [1.82, 2.24) is 5.32 Å². The molecule has 2 heteroatoms. The molecule has 2 rings (SSSR count). The minimum Gasteiger partial charge on any atom is -0.472 e. The molecule has 1 aromatic heterocycles. The third-order valence-corrected chi connectivity index (χ3v) is 3.50. The molecule has 1 N–H and O–H groups in total. The maximum absolute atomic E-state index is 5.26. The maximum Gasteiger partial charge on any atom is 0.0953 e. The Morgan fingerprint density at radius 3 is 2.37 bits per heavy atom. The summed E-state index contributed by atoms with van der Waals surface area (Å²) in [6, 6.07) is 6.78. The lowest BCUT2D eigenvalue weighted by atomic mass is 9.91. The highest BCUT2D eigenvalue weighted by molar-refractivity contribution is 5.43. The molecule has 2 nitrogen and oxygen atoms in total.